The molecule has 0 heterocycles. The van der Waals surface area contributed by atoms with Gasteiger partial charge in [0.15, 0.2) is 0 Å². The third-order valence-corrected chi connectivity index (χ3v) is 5.85. The Labute approximate surface area is 90.5 Å². The van der Waals surface area contributed by atoms with Gasteiger partial charge in [-0.3, -0.25) is 0 Å². The molecule has 0 amide bonds. The third-order valence-electron chi connectivity index (χ3n) is 2.94. The first-order chi connectivity index (χ1) is 5.50. The van der Waals surface area contributed by atoms with Crippen molar-refractivity contribution in [1.29, 1.82) is 0 Å². The Bertz CT molecular complexity index is 191. The minimum Gasteiger partial charge on any atom is -0.396 e. The summed E-state index contributed by atoms with van der Waals surface area (Å²) >= 11 is 7.18. The van der Waals surface area contributed by atoms with Crippen molar-refractivity contribution in [3.05, 3.63) is 12.7 Å². The first-order valence-electron chi connectivity index (χ1n) is 4.10. The minimum atomic E-state index is -0.0508. The summed E-state index contributed by atoms with van der Waals surface area (Å²) in [4.78, 5) is 0. The van der Waals surface area contributed by atoms with E-state index in [2.05, 4.69) is 45.4 Å². The largest absolute Gasteiger partial charge is 0.396 e. The Morgan fingerprint density at radius 2 is 2.17 bits per heavy atom. The highest BCUT2D eigenvalue weighted by Gasteiger charge is 2.70. The van der Waals surface area contributed by atoms with Crippen LogP contribution in [0.15, 0.2) is 12.7 Å². The lowest BCUT2D eigenvalue weighted by Crippen LogP contribution is -2.02. The minimum absolute atomic E-state index is 0.0508. The second-order valence-electron chi connectivity index (χ2n) is 3.60. The summed E-state index contributed by atoms with van der Waals surface area (Å²) in [6.07, 6.45) is 4.00. The van der Waals surface area contributed by atoms with Crippen LogP contribution in [0.3, 0.4) is 0 Å². The summed E-state index contributed by atoms with van der Waals surface area (Å²) in [5.74, 6) is 0.324. The molecule has 12 heavy (non-hydrogen) atoms. The van der Waals surface area contributed by atoms with Crippen molar-refractivity contribution >= 4 is 31.9 Å². The van der Waals surface area contributed by atoms with Crippen molar-refractivity contribution in [3.8, 4) is 0 Å². The van der Waals surface area contributed by atoms with Gasteiger partial charge in [0.05, 0.1) is 3.23 Å². The van der Waals surface area contributed by atoms with Gasteiger partial charge in [0.2, 0.25) is 0 Å². The van der Waals surface area contributed by atoms with E-state index in [1.54, 1.807) is 0 Å². The maximum atomic E-state index is 9.09. The van der Waals surface area contributed by atoms with Gasteiger partial charge in [-0.05, 0) is 12.8 Å². The second-order valence-corrected chi connectivity index (χ2v) is 7.17. The number of alkyl halides is 2. The summed E-state index contributed by atoms with van der Waals surface area (Å²) in [6, 6.07) is 0. The highest BCUT2D eigenvalue weighted by atomic mass is 79.9. The molecule has 0 bridgehead atoms. The van der Waals surface area contributed by atoms with Gasteiger partial charge in [0, 0.05) is 17.9 Å². The fraction of sp³-hybridized carbons (Fsp3) is 0.778. The standard InChI is InChI=1S/C9H14Br2O/c1-3-4-5-8(2)7(6-12)9(8,10)11/h3,7,12H,1,4-6H2,2H3. The van der Waals surface area contributed by atoms with Gasteiger partial charge in [-0.1, -0.05) is 44.9 Å². The van der Waals surface area contributed by atoms with Gasteiger partial charge in [0.25, 0.3) is 0 Å². The molecule has 0 spiro atoms. The lowest BCUT2D eigenvalue weighted by atomic mass is 10.00. The van der Waals surface area contributed by atoms with Gasteiger partial charge in [-0.15, -0.1) is 6.58 Å². The fourth-order valence-electron chi connectivity index (χ4n) is 1.73. The second kappa shape index (κ2) is 3.43. The number of hydrogen-bond donors (Lipinski definition) is 1. The lowest BCUT2D eigenvalue weighted by molar-refractivity contribution is 0.250. The van der Waals surface area contributed by atoms with E-state index in [0.717, 1.165) is 12.8 Å². The topological polar surface area (TPSA) is 20.2 Å². The Hall–Kier alpha value is 0.660. The van der Waals surface area contributed by atoms with E-state index in [0.29, 0.717) is 5.92 Å². The van der Waals surface area contributed by atoms with E-state index in [1.165, 1.54) is 0 Å². The molecule has 0 aromatic carbocycles. The van der Waals surface area contributed by atoms with Crippen LogP contribution in [0.25, 0.3) is 0 Å². The first kappa shape index (κ1) is 10.7. The van der Waals surface area contributed by atoms with E-state index in [9.17, 15) is 0 Å². The summed E-state index contributed by atoms with van der Waals surface area (Å²) < 4.78 is -0.0508. The molecule has 1 nitrogen and oxygen atoms in total. The number of aliphatic hydroxyl groups excluding tert-OH is 1. The molecule has 2 unspecified atom stereocenters. The maximum Gasteiger partial charge on any atom is 0.0918 e. The monoisotopic (exact) mass is 296 g/mol. The van der Waals surface area contributed by atoms with Crippen LogP contribution in [0, 0.1) is 11.3 Å². The molecule has 1 rings (SSSR count). The van der Waals surface area contributed by atoms with Crippen molar-refractivity contribution in [2.45, 2.75) is 23.0 Å². The van der Waals surface area contributed by atoms with Gasteiger partial charge < -0.3 is 5.11 Å². The van der Waals surface area contributed by atoms with Crippen molar-refractivity contribution in [2.75, 3.05) is 6.61 Å². The van der Waals surface area contributed by atoms with Crippen LogP contribution in [0.1, 0.15) is 19.8 Å². The van der Waals surface area contributed by atoms with E-state index in [4.69, 9.17) is 5.11 Å². The predicted octanol–water partition coefficient (Wildman–Crippen LogP) is 3.07. The zero-order valence-electron chi connectivity index (χ0n) is 7.19. The molecule has 0 saturated heterocycles. The predicted molar refractivity (Wildman–Crippen MR) is 58.7 cm³/mol. The van der Waals surface area contributed by atoms with E-state index in [1.807, 2.05) is 6.08 Å². The van der Waals surface area contributed by atoms with Crippen LogP contribution in [-0.2, 0) is 0 Å². The molecule has 1 aliphatic carbocycles. The van der Waals surface area contributed by atoms with Crippen LogP contribution in [0.2, 0.25) is 0 Å². The van der Waals surface area contributed by atoms with Crippen molar-refractivity contribution in [1.82, 2.24) is 0 Å². The van der Waals surface area contributed by atoms with Crippen molar-refractivity contribution in [3.63, 3.8) is 0 Å². The van der Waals surface area contributed by atoms with Gasteiger partial charge >= 0.3 is 0 Å². The van der Waals surface area contributed by atoms with Gasteiger partial charge in [-0.25, -0.2) is 0 Å². The molecule has 0 aliphatic heterocycles. The Balaban J connectivity index is 2.57. The lowest BCUT2D eigenvalue weighted by Gasteiger charge is -2.09. The molecule has 0 radical (unpaired) electrons. The van der Waals surface area contributed by atoms with Gasteiger partial charge in [0.1, 0.15) is 0 Å². The molecule has 70 valence electrons. The van der Waals surface area contributed by atoms with Crippen LogP contribution >= 0.6 is 31.9 Å². The molecule has 1 saturated carbocycles. The van der Waals surface area contributed by atoms with Gasteiger partial charge in [-0.2, -0.15) is 0 Å². The SMILES string of the molecule is C=CCCC1(C)C(CO)C1(Br)Br. The van der Waals surface area contributed by atoms with E-state index < -0.39 is 0 Å². The molecule has 1 aliphatic rings. The molecule has 2 atom stereocenters. The molecular weight excluding hydrogens is 284 g/mol. The Kier molecular flexibility index (Phi) is 3.07. The average molecular weight is 298 g/mol. The quantitative estimate of drug-likeness (QED) is 0.625. The summed E-state index contributed by atoms with van der Waals surface area (Å²) in [6.45, 7) is 6.12. The van der Waals surface area contributed by atoms with E-state index >= 15 is 0 Å². The van der Waals surface area contributed by atoms with Crippen LogP contribution in [0.5, 0.6) is 0 Å². The normalized spacial score (nSPS) is 37.8. The number of allylic oxidation sites excluding steroid dienone is 1. The Morgan fingerprint density at radius 3 is 2.50 bits per heavy atom. The van der Waals surface area contributed by atoms with Crippen molar-refractivity contribution in [2.24, 2.45) is 11.3 Å². The maximum absolute atomic E-state index is 9.09. The summed E-state index contributed by atoms with van der Waals surface area (Å²) in [5.41, 5.74) is 0.177. The molecule has 0 aromatic heterocycles. The summed E-state index contributed by atoms with van der Waals surface area (Å²) in [5, 5.41) is 9.09. The molecule has 0 aromatic rings. The Morgan fingerprint density at radius 1 is 1.58 bits per heavy atom. The van der Waals surface area contributed by atoms with E-state index in [-0.39, 0.29) is 15.3 Å². The molecule has 3 heteroatoms. The fourth-order valence-corrected chi connectivity index (χ4v) is 3.75. The molecule has 1 fully saturated rings. The number of hydrogen-bond acceptors (Lipinski definition) is 1. The smallest absolute Gasteiger partial charge is 0.0918 e. The molecular formula is C9H14Br2O. The van der Waals surface area contributed by atoms with Crippen LogP contribution < -0.4 is 0 Å². The average Bonchev–Trinajstić information content (AvgIpc) is 2.43. The number of rotatable bonds is 4. The first-order valence-corrected chi connectivity index (χ1v) is 5.69. The summed E-state index contributed by atoms with van der Waals surface area (Å²) in [7, 11) is 0. The van der Waals surface area contributed by atoms with Crippen LogP contribution in [0.4, 0.5) is 0 Å². The van der Waals surface area contributed by atoms with Crippen LogP contribution in [-0.4, -0.2) is 14.9 Å². The van der Waals surface area contributed by atoms with Crippen molar-refractivity contribution < 1.29 is 5.11 Å². The zero-order chi connectivity index (χ0) is 9.41. The highest BCUT2D eigenvalue weighted by Crippen LogP contribution is 2.72. The number of aliphatic hydroxyl groups is 1. The number of halogens is 2. The zero-order valence-corrected chi connectivity index (χ0v) is 10.4. The molecule has 1 N–H and O–H groups in total. The highest BCUT2D eigenvalue weighted by molar-refractivity contribution is 9.25. The third kappa shape index (κ3) is 1.40.